The molecule has 0 aliphatic carbocycles. The minimum absolute atomic E-state index is 0.170. The summed E-state index contributed by atoms with van der Waals surface area (Å²) in [6, 6.07) is 13.5. The molecule has 0 saturated heterocycles. The fourth-order valence-electron chi connectivity index (χ4n) is 1.95. The van der Waals surface area contributed by atoms with Gasteiger partial charge in [-0.3, -0.25) is 4.79 Å². The zero-order valence-corrected chi connectivity index (χ0v) is 13.4. The normalized spacial score (nSPS) is 11.2. The summed E-state index contributed by atoms with van der Waals surface area (Å²) in [7, 11) is 0. The van der Waals surface area contributed by atoms with Crippen LogP contribution in [0.2, 0.25) is 0 Å². The summed E-state index contributed by atoms with van der Waals surface area (Å²) in [5.41, 5.74) is 4.77. The van der Waals surface area contributed by atoms with Gasteiger partial charge in [0.25, 0.3) is 5.91 Å². The molecule has 0 aromatic heterocycles. The second kappa shape index (κ2) is 6.94. The molecule has 2 aromatic carbocycles. The van der Waals surface area contributed by atoms with Crippen LogP contribution in [0.1, 0.15) is 23.6 Å². The van der Waals surface area contributed by atoms with E-state index in [9.17, 15) is 4.79 Å². The molecule has 1 N–H and O–H groups in total. The number of aryl methyl sites for hydroxylation is 3. The summed E-state index contributed by atoms with van der Waals surface area (Å²) in [5, 5.41) is 2.87. The molecule has 0 aliphatic rings. The average molecular weight is 295 g/mol. The van der Waals surface area contributed by atoms with Crippen LogP contribution in [0.3, 0.4) is 0 Å². The zero-order chi connectivity index (χ0) is 16.1. The largest absolute Gasteiger partial charge is 0.465 e. The number of rotatable bonds is 4. The van der Waals surface area contributed by atoms with Crippen LogP contribution in [0.25, 0.3) is 0 Å². The number of hydrogen-bond acceptors (Lipinski definition) is 2. The summed E-state index contributed by atoms with van der Waals surface area (Å²) >= 11 is 0. The van der Waals surface area contributed by atoms with Gasteiger partial charge in [-0.05, 0) is 68.7 Å². The van der Waals surface area contributed by atoms with Crippen LogP contribution < -0.4 is 10.1 Å². The summed E-state index contributed by atoms with van der Waals surface area (Å²) in [4.78, 5) is 12.1. The lowest BCUT2D eigenvalue weighted by atomic mass is 10.1. The van der Waals surface area contributed by atoms with E-state index in [1.54, 1.807) is 6.92 Å². The minimum atomic E-state index is -0.170. The Balaban J connectivity index is 2.02. The average Bonchev–Trinajstić information content (AvgIpc) is 2.48. The maximum absolute atomic E-state index is 12.1. The third-order valence-corrected chi connectivity index (χ3v) is 3.48. The van der Waals surface area contributed by atoms with E-state index < -0.39 is 0 Å². The van der Waals surface area contributed by atoms with Gasteiger partial charge < -0.3 is 10.1 Å². The van der Waals surface area contributed by atoms with Gasteiger partial charge in [-0.15, -0.1) is 0 Å². The summed E-state index contributed by atoms with van der Waals surface area (Å²) in [5.74, 6) is 0.550. The molecule has 22 heavy (non-hydrogen) atoms. The highest BCUT2D eigenvalue weighted by molar-refractivity contribution is 6.03. The predicted molar refractivity (Wildman–Crippen MR) is 90.1 cm³/mol. The number of carbonyl (C=O) groups is 1. The maximum Gasteiger partial charge on any atom is 0.254 e. The fourth-order valence-corrected chi connectivity index (χ4v) is 1.95. The van der Waals surface area contributed by atoms with E-state index in [1.165, 1.54) is 11.8 Å². The van der Waals surface area contributed by atoms with Crippen LogP contribution in [0, 0.1) is 20.8 Å². The van der Waals surface area contributed by atoms with Gasteiger partial charge in [0.1, 0.15) is 5.75 Å². The zero-order valence-electron chi connectivity index (χ0n) is 13.4. The topological polar surface area (TPSA) is 38.3 Å². The number of ether oxygens (including phenoxy) is 1. The number of nitrogens with one attached hydrogen (secondary N) is 1. The van der Waals surface area contributed by atoms with Crippen LogP contribution in [-0.4, -0.2) is 5.91 Å². The van der Waals surface area contributed by atoms with Crippen molar-refractivity contribution in [3.8, 4) is 5.75 Å². The molecule has 3 heteroatoms. The Bertz CT molecular complexity index is 717. The Morgan fingerprint density at radius 1 is 1.05 bits per heavy atom. The minimum Gasteiger partial charge on any atom is -0.465 e. The third kappa shape index (κ3) is 4.22. The van der Waals surface area contributed by atoms with Crippen molar-refractivity contribution in [2.45, 2.75) is 27.7 Å². The number of hydrogen-bond donors (Lipinski definition) is 1. The van der Waals surface area contributed by atoms with Crippen LogP contribution in [0.4, 0.5) is 5.69 Å². The van der Waals surface area contributed by atoms with Crippen LogP contribution in [0.5, 0.6) is 5.75 Å². The van der Waals surface area contributed by atoms with E-state index in [1.807, 2.05) is 63.2 Å². The first-order valence-corrected chi connectivity index (χ1v) is 7.24. The van der Waals surface area contributed by atoms with E-state index in [-0.39, 0.29) is 5.91 Å². The fraction of sp³-hybridized carbons (Fsp3) is 0.211. The molecule has 0 fully saturated rings. The highest BCUT2D eigenvalue weighted by atomic mass is 16.5. The molecule has 0 spiro atoms. The molecular weight excluding hydrogens is 274 g/mol. The molecule has 3 nitrogen and oxygen atoms in total. The lowest BCUT2D eigenvalue weighted by molar-refractivity contribution is -0.112. The molecule has 0 heterocycles. The van der Waals surface area contributed by atoms with Gasteiger partial charge in [0.15, 0.2) is 0 Å². The first-order valence-electron chi connectivity index (χ1n) is 7.24. The molecule has 0 radical (unpaired) electrons. The lowest BCUT2D eigenvalue weighted by Crippen LogP contribution is -2.13. The monoisotopic (exact) mass is 295 g/mol. The highest BCUT2D eigenvalue weighted by Gasteiger charge is 2.06. The second-order valence-corrected chi connectivity index (χ2v) is 5.49. The predicted octanol–water partition coefficient (Wildman–Crippen LogP) is 4.53. The highest BCUT2D eigenvalue weighted by Crippen LogP contribution is 2.16. The molecule has 114 valence electrons. The Morgan fingerprint density at radius 2 is 1.82 bits per heavy atom. The maximum atomic E-state index is 12.1. The molecule has 0 unspecified atom stereocenters. The molecule has 0 bridgehead atoms. The van der Waals surface area contributed by atoms with E-state index in [0.29, 0.717) is 5.57 Å². The second-order valence-electron chi connectivity index (χ2n) is 5.49. The Hall–Kier alpha value is -2.55. The van der Waals surface area contributed by atoms with Crippen LogP contribution >= 0.6 is 0 Å². The molecule has 2 aromatic rings. The van der Waals surface area contributed by atoms with Crippen molar-refractivity contribution >= 4 is 11.6 Å². The van der Waals surface area contributed by atoms with Crippen LogP contribution in [-0.2, 0) is 4.79 Å². The smallest absolute Gasteiger partial charge is 0.254 e. The summed E-state index contributed by atoms with van der Waals surface area (Å²) in [6.07, 6.45) is 1.48. The van der Waals surface area contributed by atoms with Crippen molar-refractivity contribution in [2.24, 2.45) is 0 Å². The van der Waals surface area contributed by atoms with Gasteiger partial charge in [-0.25, -0.2) is 0 Å². The first-order chi connectivity index (χ1) is 10.5. The van der Waals surface area contributed by atoms with Crippen molar-refractivity contribution in [3.05, 3.63) is 71.0 Å². The Morgan fingerprint density at radius 3 is 2.50 bits per heavy atom. The van der Waals surface area contributed by atoms with Gasteiger partial charge in [-0.1, -0.05) is 18.2 Å². The van der Waals surface area contributed by atoms with Gasteiger partial charge in [0.05, 0.1) is 6.26 Å². The van der Waals surface area contributed by atoms with Crippen molar-refractivity contribution in [1.29, 1.82) is 0 Å². The van der Waals surface area contributed by atoms with Crippen molar-refractivity contribution < 1.29 is 9.53 Å². The Kier molecular flexibility index (Phi) is 4.99. The number of amides is 1. The van der Waals surface area contributed by atoms with E-state index in [4.69, 9.17) is 4.74 Å². The van der Waals surface area contributed by atoms with Gasteiger partial charge in [0.2, 0.25) is 0 Å². The molecular formula is C19H21NO2. The van der Waals surface area contributed by atoms with Crippen molar-refractivity contribution in [2.75, 3.05) is 5.32 Å². The Labute approximate surface area is 131 Å². The van der Waals surface area contributed by atoms with Gasteiger partial charge >= 0.3 is 0 Å². The first kappa shape index (κ1) is 15.8. The van der Waals surface area contributed by atoms with E-state index >= 15 is 0 Å². The number of benzene rings is 2. The van der Waals surface area contributed by atoms with Crippen molar-refractivity contribution in [1.82, 2.24) is 0 Å². The van der Waals surface area contributed by atoms with Gasteiger partial charge in [-0.2, -0.15) is 0 Å². The third-order valence-electron chi connectivity index (χ3n) is 3.48. The number of carbonyl (C=O) groups excluding carboxylic acids is 1. The SMILES string of the molecule is CC(=COc1cccc(C)c1)C(=O)Nc1ccc(C)c(C)c1. The molecule has 0 atom stereocenters. The van der Waals surface area contributed by atoms with E-state index in [0.717, 1.165) is 22.6 Å². The molecule has 2 rings (SSSR count). The quantitative estimate of drug-likeness (QED) is 0.664. The standard InChI is InChI=1S/C19H21NO2/c1-13-6-5-7-18(10-13)22-12-16(4)19(21)20-17-9-8-14(2)15(3)11-17/h5-12H,1-4H3,(H,20,21). The number of anilines is 1. The van der Waals surface area contributed by atoms with Crippen LogP contribution in [0.15, 0.2) is 54.3 Å². The lowest BCUT2D eigenvalue weighted by Gasteiger charge is -2.08. The summed E-state index contributed by atoms with van der Waals surface area (Å²) in [6.45, 7) is 7.79. The summed E-state index contributed by atoms with van der Waals surface area (Å²) < 4.78 is 5.53. The molecule has 0 saturated carbocycles. The van der Waals surface area contributed by atoms with E-state index in [2.05, 4.69) is 5.32 Å². The molecule has 0 aliphatic heterocycles. The van der Waals surface area contributed by atoms with Gasteiger partial charge in [0, 0.05) is 11.3 Å². The van der Waals surface area contributed by atoms with Crippen molar-refractivity contribution in [3.63, 3.8) is 0 Å². The molecule has 1 amide bonds.